The first-order valence-corrected chi connectivity index (χ1v) is 10.6. The molecule has 0 bridgehead atoms. The number of carbonyl (C=O) groups excluding carboxylic acids is 2. The first-order chi connectivity index (χ1) is 15.0. The first kappa shape index (κ1) is 19.3. The second-order valence-electron chi connectivity index (χ2n) is 7.42. The number of thiazole rings is 1. The lowest BCUT2D eigenvalue weighted by atomic mass is 10.2. The molecule has 0 spiro atoms. The van der Waals surface area contributed by atoms with Gasteiger partial charge in [-0.15, -0.1) is 11.3 Å². The van der Waals surface area contributed by atoms with Crippen LogP contribution >= 0.6 is 11.3 Å². The third kappa shape index (κ3) is 3.77. The molecule has 1 atom stereocenters. The highest BCUT2D eigenvalue weighted by Gasteiger charge is 2.26. The van der Waals surface area contributed by atoms with Crippen LogP contribution in [0.3, 0.4) is 0 Å². The number of H-pyrrole nitrogens is 1. The molecule has 2 amide bonds. The molecule has 0 saturated heterocycles. The van der Waals surface area contributed by atoms with Crippen molar-refractivity contribution in [3.05, 3.63) is 46.1 Å². The fourth-order valence-electron chi connectivity index (χ4n) is 3.24. The molecule has 0 radical (unpaired) electrons. The summed E-state index contributed by atoms with van der Waals surface area (Å²) >= 11 is 1.21. The lowest BCUT2D eigenvalue weighted by Gasteiger charge is -2.11. The Hall–Kier alpha value is -3.67. The molecule has 1 unspecified atom stereocenters. The van der Waals surface area contributed by atoms with E-state index in [1.54, 1.807) is 24.9 Å². The van der Waals surface area contributed by atoms with Crippen molar-refractivity contribution in [2.24, 2.45) is 7.05 Å². The zero-order valence-electron chi connectivity index (χ0n) is 16.8. The minimum Gasteiger partial charge on any atom is -0.342 e. The van der Waals surface area contributed by atoms with E-state index in [9.17, 15) is 9.59 Å². The largest absolute Gasteiger partial charge is 0.342 e. The minimum absolute atomic E-state index is 0.240. The number of carbonyl (C=O) groups is 2. The number of aromatic nitrogens is 7. The first-order valence-electron chi connectivity index (χ1n) is 9.75. The number of hydrogen-bond donors (Lipinski definition) is 3. The highest BCUT2D eigenvalue weighted by atomic mass is 32.1. The highest BCUT2D eigenvalue weighted by Crippen LogP contribution is 2.39. The fourth-order valence-corrected chi connectivity index (χ4v) is 4.06. The summed E-state index contributed by atoms with van der Waals surface area (Å²) in [6, 6.07) is 1.45. The number of aromatic amines is 1. The summed E-state index contributed by atoms with van der Waals surface area (Å²) in [7, 11) is 1.75. The molecule has 4 heterocycles. The maximum absolute atomic E-state index is 12.7. The summed E-state index contributed by atoms with van der Waals surface area (Å²) in [5, 5.41) is 18.0. The third-order valence-corrected chi connectivity index (χ3v) is 6.25. The van der Waals surface area contributed by atoms with Crippen molar-refractivity contribution in [1.82, 2.24) is 40.2 Å². The average Bonchev–Trinajstić information content (AvgIpc) is 3.15. The maximum Gasteiger partial charge on any atom is 0.271 e. The summed E-state index contributed by atoms with van der Waals surface area (Å²) in [6.45, 7) is 1.80. The van der Waals surface area contributed by atoms with Gasteiger partial charge in [-0.05, 0) is 19.8 Å². The van der Waals surface area contributed by atoms with Gasteiger partial charge < -0.3 is 10.6 Å². The van der Waals surface area contributed by atoms with Gasteiger partial charge in [0.1, 0.15) is 21.9 Å². The topological polar surface area (TPSA) is 143 Å². The van der Waals surface area contributed by atoms with Crippen LogP contribution < -0.4 is 10.6 Å². The van der Waals surface area contributed by atoms with E-state index in [1.165, 1.54) is 23.9 Å². The SMILES string of the molecule is CC(NC(=O)c1ncnc2c1cnn2C)c1ncc(C(=O)Nc2cc(C3CC3)[nH]n2)s1. The maximum atomic E-state index is 12.7. The molecule has 1 saturated carbocycles. The van der Waals surface area contributed by atoms with Crippen LogP contribution in [0, 0.1) is 0 Å². The zero-order chi connectivity index (χ0) is 21.5. The smallest absolute Gasteiger partial charge is 0.271 e. The monoisotopic (exact) mass is 437 g/mol. The van der Waals surface area contributed by atoms with E-state index in [0.29, 0.717) is 32.7 Å². The van der Waals surface area contributed by atoms with E-state index in [2.05, 4.69) is 40.9 Å². The molecule has 1 aliphatic rings. The number of anilines is 1. The van der Waals surface area contributed by atoms with Crippen molar-refractivity contribution in [2.45, 2.75) is 31.7 Å². The summed E-state index contributed by atoms with van der Waals surface area (Å²) in [6.07, 6.45) is 6.69. The predicted octanol–water partition coefficient (Wildman–Crippen LogP) is 2.16. The number of amides is 2. The van der Waals surface area contributed by atoms with E-state index < -0.39 is 6.04 Å². The van der Waals surface area contributed by atoms with Gasteiger partial charge in [0.05, 0.1) is 23.8 Å². The fraction of sp³-hybridized carbons (Fsp3) is 0.316. The van der Waals surface area contributed by atoms with Crippen LogP contribution in [0.1, 0.15) is 62.6 Å². The van der Waals surface area contributed by atoms with Gasteiger partial charge >= 0.3 is 0 Å². The van der Waals surface area contributed by atoms with Gasteiger partial charge in [0, 0.05) is 24.7 Å². The second kappa shape index (κ2) is 7.54. The highest BCUT2D eigenvalue weighted by molar-refractivity contribution is 7.13. The van der Waals surface area contributed by atoms with Gasteiger partial charge in [-0.2, -0.15) is 10.2 Å². The van der Waals surface area contributed by atoms with Crippen LogP contribution in [0.25, 0.3) is 11.0 Å². The number of fused-ring (bicyclic) bond motifs is 1. The van der Waals surface area contributed by atoms with E-state index in [4.69, 9.17) is 0 Å². The molecule has 5 rings (SSSR count). The van der Waals surface area contributed by atoms with Crippen molar-refractivity contribution >= 4 is 40.0 Å². The van der Waals surface area contributed by atoms with E-state index in [1.807, 2.05) is 6.07 Å². The van der Waals surface area contributed by atoms with Gasteiger partial charge in [0.25, 0.3) is 11.8 Å². The average molecular weight is 437 g/mol. The number of hydrogen-bond acceptors (Lipinski definition) is 8. The van der Waals surface area contributed by atoms with E-state index >= 15 is 0 Å². The standard InChI is InChI=1S/C19H19N9O2S/c1-9(24-18(30)15-11-6-23-28(2)16(11)22-8-21-15)19-20-7-13(31-19)17(29)25-14-5-12(26-27-14)10-3-4-10/h5-10H,3-4H2,1-2H3,(H,24,30)(H2,25,26,27,29). The van der Waals surface area contributed by atoms with Gasteiger partial charge in [-0.25, -0.2) is 15.0 Å². The lowest BCUT2D eigenvalue weighted by molar-refractivity contribution is 0.0936. The molecule has 1 fully saturated rings. The van der Waals surface area contributed by atoms with Crippen molar-refractivity contribution in [3.63, 3.8) is 0 Å². The van der Waals surface area contributed by atoms with Crippen molar-refractivity contribution in [2.75, 3.05) is 5.32 Å². The third-order valence-electron chi connectivity index (χ3n) is 5.07. The van der Waals surface area contributed by atoms with Crippen LogP contribution in [-0.2, 0) is 7.05 Å². The molecule has 0 aliphatic heterocycles. The molecule has 0 aromatic carbocycles. The normalized spacial score (nSPS) is 14.5. The van der Waals surface area contributed by atoms with Crippen LogP contribution in [0.5, 0.6) is 0 Å². The molecule has 1 aliphatic carbocycles. The van der Waals surface area contributed by atoms with Gasteiger partial charge in [0.2, 0.25) is 0 Å². The zero-order valence-corrected chi connectivity index (χ0v) is 17.6. The number of nitrogens with zero attached hydrogens (tertiary/aromatic N) is 6. The van der Waals surface area contributed by atoms with Crippen molar-refractivity contribution in [1.29, 1.82) is 0 Å². The number of aryl methyl sites for hydroxylation is 1. The Morgan fingerprint density at radius 3 is 2.87 bits per heavy atom. The Labute approximate surface area is 180 Å². The molecular formula is C19H19N9O2S. The molecule has 12 heteroatoms. The summed E-state index contributed by atoms with van der Waals surface area (Å²) < 4.78 is 1.58. The summed E-state index contributed by atoms with van der Waals surface area (Å²) in [4.78, 5) is 38.2. The summed E-state index contributed by atoms with van der Waals surface area (Å²) in [5.74, 6) is 0.370. The Morgan fingerprint density at radius 1 is 1.23 bits per heavy atom. The van der Waals surface area contributed by atoms with Gasteiger partial charge in [-0.3, -0.25) is 19.4 Å². The minimum atomic E-state index is -0.410. The van der Waals surface area contributed by atoms with Gasteiger partial charge in [0.15, 0.2) is 11.5 Å². The molecule has 4 aromatic rings. The predicted molar refractivity (Wildman–Crippen MR) is 113 cm³/mol. The molecule has 31 heavy (non-hydrogen) atoms. The lowest BCUT2D eigenvalue weighted by Crippen LogP contribution is -2.27. The second-order valence-corrected chi connectivity index (χ2v) is 8.48. The van der Waals surface area contributed by atoms with Gasteiger partial charge in [-0.1, -0.05) is 0 Å². The molecule has 4 aromatic heterocycles. The Balaban J connectivity index is 1.26. The quantitative estimate of drug-likeness (QED) is 0.419. The summed E-state index contributed by atoms with van der Waals surface area (Å²) in [5.41, 5.74) is 1.86. The Bertz CT molecular complexity index is 1290. The van der Waals surface area contributed by atoms with Crippen molar-refractivity contribution in [3.8, 4) is 0 Å². The van der Waals surface area contributed by atoms with Crippen molar-refractivity contribution < 1.29 is 9.59 Å². The molecule has 11 nitrogen and oxygen atoms in total. The Morgan fingerprint density at radius 2 is 2.06 bits per heavy atom. The molecular weight excluding hydrogens is 418 g/mol. The number of nitrogens with one attached hydrogen (secondary N) is 3. The van der Waals surface area contributed by atoms with Crippen LogP contribution in [0.4, 0.5) is 5.82 Å². The van der Waals surface area contributed by atoms with E-state index in [-0.39, 0.29) is 17.5 Å². The number of rotatable bonds is 6. The van der Waals surface area contributed by atoms with Crippen LogP contribution in [0.15, 0.2) is 24.8 Å². The Kier molecular flexibility index (Phi) is 4.70. The molecule has 158 valence electrons. The molecule has 3 N–H and O–H groups in total. The van der Waals surface area contributed by atoms with Crippen LogP contribution in [-0.4, -0.2) is 46.7 Å². The van der Waals surface area contributed by atoms with E-state index in [0.717, 1.165) is 18.5 Å². The van der Waals surface area contributed by atoms with Crippen LogP contribution in [0.2, 0.25) is 0 Å².